The highest BCUT2D eigenvalue weighted by Crippen LogP contribution is 2.40. The molecule has 5 heteroatoms. The fraction of sp³-hybridized carbons (Fsp3) is 0.294. The molecule has 0 fully saturated rings. The minimum absolute atomic E-state index is 0.0880. The summed E-state index contributed by atoms with van der Waals surface area (Å²) in [5, 5.41) is 0. The molecule has 0 aliphatic carbocycles. The van der Waals surface area contributed by atoms with Crippen LogP contribution < -0.4 is 10.6 Å². The second-order valence-electron chi connectivity index (χ2n) is 5.47. The molecule has 1 aliphatic heterocycles. The molecule has 0 amide bonds. The Kier molecular flexibility index (Phi) is 3.83. The molecular formula is C17H17F3N2. The lowest BCUT2D eigenvalue weighted by Crippen LogP contribution is -2.28. The van der Waals surface area contributed by atoms with Gasteiger partial charge in [0.25, 0.3) is 0 Å². The van der Waals surface area contributed by atoms with Crippen molar-refractivity contribution < 1.29 is 13.2 Å². The van der Waals surface area contributed by atoms with Crippen LogP contribution >= 0.6 is 0 Å². The Bertz CT molecular complexity index is 650. The molecule has 0 radical (unpaired) electrons. The Hall–Kier alpha value is -2.01. The third-order valence-electron chi connectivity index (χ3n) is 4.10. The highest BCUT2D eigenvalue weighted by atomic mass is 19.4. The summed E-state index contributed by atoms with van der Waals surface area (Å²) in [6, 6.07) is 13.5. The smallest absolute Gasteiger partial charge is 0.369 e. The van der Waals surface area contributed by atoms with Gasteiger partial charge in [-0.3, -0.25) is 0 Å². The van der Waals surface area contributed by atoms with Crippen molar-refractivity contribution in [3.8, 4) is 0 Å². The molecular weight excluding hydrogens is 289 g/mol. The van der Waals surface area contributed by atoms with Crippen LogP contribution in [0.4, 0.5) is 18.9 Å². The van der Waals surface area contributed by atoms with Crippen LogP contribution in [0.5, 0.6) is 0 Å². The van der Waals surface area contributed by atoms with Crippen molar-refractivity contribution in [3.05, 3.63) is 65.2 Å². The van der Waals surface area contributed by atoms with E-state index in [9.17, 15) is 13.2 Å². The van der Waals surface area contributed by atoms with Crippen LogP contribution in [-0.4, -0.2) is 19.6 Å². The molecule has 1 aliphatic rings. The number of anilines is 1. The first kappa shape index (κ1) is 14.9. The second-order valence-corrected chi connectivity index (χ2v) is 5.47. The van der Waals surface area contributed by atoms with Crippen molar-refractivity contribution in [3.63, 3.8) is 0 Å². The van der Waals surface area contributed by atoms with E-state index in [0.717, 1.165) is 42.0 Å². The Morgan fingerprint density at radius 3 is 2.36 bits per heavy atom. The van der Waals surface area contributed by atoms with Crippen molar-refractivity contribution in [1.29, 1.82) is 0 Å². The van der Waals surface area contributed by atoms with E-state index in [1.807, 2.05) is 24.3 Å². The van der Waals surface area contributed by atoms with Crippen LogP contribution in [0.1, 0.15) is 22.6 Å². The van der Waals surface area contributed by atoms with Gasteiger partial charge < -0.3 is 10.6 Å². The van der Waals surface area contributed by atoms with E-state index in [2.05, 4.69) is 4.90 Å². The SMILES string of the molecule is NCCN1CC(c2ccc(C(F)(F)F)cc2)c2ccccc21. The van der Waals surface area contributed by atoms with Crippen molar-refractivity contribution in [2.24, 2.45) is 5.73 Å². The summed E-state index contributed by atoms with van der Waals surface area (Å²) in [5.74, 6) is 0.0880. The molecule has 0 saturated carbocycles. The number of nitrogens with two attached hydrogens (primary N) is 1. The van der Waals surface area contributed by atoms with Gasteiger partial charge in [0.15, 0.2) is 0 Å². The van der Waals surface area contributed by atoms with Crippen LogP contribution in [0, 0.1) is 0 Å². The fourth-order valence-electron chi connectivity index (χ4n) is 3.04. The minimum Gasteiger partial charge on any atom is -0.369 e. The normalized spacial score (nSPS) is 17.6. The van der Waals surface area contributed by atoms with Crippen LogP contribution in [-0.2, 0) is 6.18 Å². The number of hydrogen-bond donors (Lipinski definition) is 1. The maximum Gasteiger partial charge on any atom is 0.416 e. The number of fused-ring (bicyclic) bond motifs is 1. The van der Waals surface area contributed by atoms with Gasteiger partial charge in [-0.25, -0.2) is 0 Å². The zero-order valence-corrected chi connectivity index (χ0v) is 12.0. The molecule has 1 unspecified atom stereocenters. The number of rotatable bonds is 3. The van der Waals surface area contributed by atoms with Gasteiger partial charge in [-0.2, -0.15) is 13.2 Å². The number of para-hydroxylation sites is 1. The zero-order valence-electron chi connectivity index (χ0n) is 12.0. The van der Waals surface area contributed by atoms with Crippen LogP contribution in [0.25, 0.3) is 0 Å². The van der Waals surface area contributed by atoms with Gasteiger partial charge in [0.1, 0.15) is 0 Å². The van der Waals surface area contributed by atoms with Gasteiger partial charge in [-0.05, 0) is 29.3 Å². The summed E-state index contributed by atoms with van der Waals surface area (Å²) in [7, 11) is 0. The van der Waals surface area contributed by atoms with Gasteiger partial charge in [0, 0.05) is 31.2 Å². The Labute approximate surface area is 127 Å². The second kappa shape index (κ2) is 5.65. The molecule has 2 nitrogen and oxygen atoms in total. The zero-order chi connectivity index (χ0) is 15.7. The van der Waals surface area contributed by atoms with E-state index in [0.29, 0.717) is 6.54 Å². The number of nitrogens with zero attached hydrogens (tertiary/aromatic N) is 1. The van der Waals surface area contributed by atoms with Gasteiger partial charge in [0.05, 0.1) is 5.56 Å². The molecule has 0 aromatic heterocycles. The Morgan fingerprint density at radius 2 is 1.73 bits per heavy atom. The van der Waals surface area contributed by atoms with Crippen LogP contribution in [0.3, 0.4) is 0 Å². The largest absolute Gasteiger partial charge is 0.416 e. The average Bonchev–Trinajstić information content (AvgIpc) is 2.86. The molecule has 116 valence electrons. The maximum absolute atomic E-state index is 12.7. The standard InChI is InChI=1S/C17H17F3N2/c18-17(19,20)13-7-5-12(6-8-13)15-11-22(10-9-21)16-4-2-1-3-14(15)16/h1-8,15H,9-11,21H2. The summed E-state index contributed by atoms with van der Waals surface area (Å²) >= 11 is 0. The summed E-state index contributed by atoms with van der Waals surface area (Å²) in [4.78, 5) is 2.19. The lowest BCUT2D eigenvalue weighted by Gasteiger charge is -2.19. The van der Waals surface area contributed by atoms with Crippen molar-refractivity contribution in [1.82, 2.24) is 0 Å². The van der Waals surface area contributed by atoms with E-state index >= 15 is 0 Å². The fourth-order valence-corrected chi connectivity index (χ4v) is 3.04. The third kappa shape index (κ3) is 2.68. The van der Waals surface area contributed by atoms with E-state index in [4.69, 9.17) is 5.73 Å². The number of alkyl halides is 3. The molecule has 3 rings (SSSR count). The third-order valence-corrected chi connectivity index (χ3v) is 4.10. The Balaban J connectivity index is 1.93. The number of benzene rings is 2. The minimum atomic E-state index is -4.29. The molecule has 2 N–H and O–H groups in total. The molecule has 0 saturated heterocycles. The monoisotopic (exact) mass is 306 g/mol. The van der Waals surface area contributed by atoms with Gasteiger partial charge >= 0.3 is 6.18 Å². The van der Waals surface area contributed by atoms with Gasteiger partial charge in [-0.15, -0.1) is 0 Å². The van der Waals surface area contributed by atoms with Crippen molar-refractivity contribution >= 4 is 5.69 Å². The molecule has 1 heterocycles. The highest BCUT2D eigenvalue weighted by Gasteiger charge is 2.32. The van der Waals surface area contributed by atoms with Gasteiger partial charge in [-0.1, -0.05) is 30.3 Å². The van der Waals surface area contributed by atoms with Crippen molar-refractivity contribution in [2.75, 3.05) is 24.5 Å². The molecule has 2 aromatic rings. The highest BCUT2D eigenvalue weighted by molar-refractivity contribution is 5.62. The van der Waals surface area contributed by atoms with Crippen LogP contribution in [0.2, 0.25) is 0 Å². The first-order chi connectivity index (χ1) is 10.5. The van der Waals surface area contributed by atoms with E-state index < -0.39 is 11.7 Å². The molecule has 1 atom stereocenters. The quantitative estimate of drug-likeness (QED) is 0.938. The first-order valence-electron chi connectivity index (χ1n) is 7.22. The Morgan fingerprint density at radius 1 is 1.05 bits per heavy atom. The molecule has 22 heavy (non-hydrogen) atoms. The average molecular weight is 306 g/mol. The van der Waals surface area contributed by atoms with E-state index in [-0.39, 0.29) is 5.92 Å². The summed E-state index contributed by atoms with van der Waals surface area (Å²) in [6.07, 6.45) is -4.29. The molecule has 0 bridgehead atoms. The summed E-state index contributed by atoms with van der Waals surface area (Å²) in [6.45, 7) is 2.05. The van der Waals surface area contributed by atoms with E-state index in [1.54, 1.807) is 12.1 Å². The summed E-state index contributed by atoms with van der Waals surface area (Å²) in [5.41, 5.74) is 8.22. The van der Waals surface area contributed by atoms with E-state index in [1.165, 1.54) is 0 Å². The molecule has 2 aromatic carbocycles. The topological polar surface area (TPSA) is 29.3 Å². The molecule has 0 spiro atoms. The summed E-state index contributed by atoms with van der Waals surface area (Å²) < 4.78 is 38.0. The number of hydrogen-bond acceptors (Lipinski definition) is 2. The van der Waals surface area contributed by atoms with Crippen LogP contribution in [0.15, 0.2) is 48.5 Å². The lowest BCUT2D eigenvalue weighted by molar-refractivity contribution is -0.137. The van der Waals surface area contributed by atoms with Gasteiger partial charge in [0.2, 0.25) is 0 Å². The first-order valence-corrected chi connectivity index (χ1v) is 7.22. The number of halogens is 3. The lowest BCUT2D eigenvalue weighted by atomic mass is 9.92. The maximum atomic E-state index is 12.7. The predicted octanol–water partition coefficient (Wildman–Crippen LogP) is 3.62. The van der Waals surface area contributed by atoms with Crippen molar-refractivity contribution in [2.45, 2.75) is 12.1 Å². The predicted molar refractivity (Wildman–Crippen MR) is 81.0 cm³/mol.